The molecule has 1 rings (SSSR count). The van der Waals surface area contributed by atoms with Gasteiger partial charge in [-0.1, -0.05) is 0 Å². The molecule has 0 fully saturated rings. The Morgan fingerprint density at radius 1 is 1.60 bits per heavy atom. The highest BCUT2D eigenvalue weighted by atomic mass is 16.2. The van der Waals surface area contributed by atoms with Crippen LogP contribution in [0, 0.1) is 6.92 Å². The van der Waals surface area contributed by atoms with Crippen molar-refractivity contribution in [2.75, 3.05) is 31.7 Å². The molecule has 0 saturated heterocycles. The van der Waals surface area contributed by atoms with E-state index in [1.165, 1.54) is 4.90 Å². The summed E-state index contributed by atoms with van der Waals surface area (Å²) in [5.74, 6) is 0.535. The number of nitrogens with one attached hydrogen (secondary N) is 1. The first-order valence-corrected chi connectivity index (χ1v) is 4.67. The molecule has 5 heteroatoms. The molecule has 82 valence electrons. The minimum atomic E-state index is -0.0169. The number of aryl methyl sites for hydroxylation is 1. The molecule has 1 aromatic heterocycles. The number of anilines is 2. The van der Waals surface area contributed by atoms with E-state index in [2.05, 4.69) is 10.3 Å². The molecule has 0 unspecified atom stereocenters. The lowest BCUT2D eigenvalue weighted by Gasteiger charge is -2.12. The number of carbonyl (C=O) groups is 1. The van der Waals surface area contributed by atoms with Crippen LogP contribution in [0.4, 0.5) is 11.5 Å². The minimum Gasteiger partial charge on any atom is -0.396 e. The summed E-state index contributed by atoms with van der Waals surface area (Å²) in [7, 11) is 3.41. The molecule has 0 spiro atoms. The maximum Gasteiger partial charge on any atom is 0.241 e. The third-order valence-corrected chi connectivity index (χ3v) is 1.96. The SMILES string of the molecule is Cc1cnc(NCC(=O)N(C)C)c(N)c1. The summed E-state index contributed by atoms with van der Waals surface area (Å²) in [5.41, 5.74) is 7.29. The second-order valence-corrected chi connectivity index (χ2v) is 3.59. The summed E-state index contributed by atoms with van der Waals surface area (Å²) in [5, 5.41) is 2.89. The van der Waals surface area contributed by atoms with E-state index in [0.717, 1.165) is 5.56 Å². The number of pyridine rings is 1. The monoisotopic (exact) mass is 208 g/mol. The lowest BCUT2D eigenvalue weighted by Crippen LogP contribution is -2.29. The number of aromatic nitrogens is 1. The molecule has 0 aliphatic rings. The first-order chi connectivity index (χ1) is 7.00. The van der Waals surface area contributed by atoms with Crippen molar-refractivity contribution >= 4 is 17.4 Å². The molecule has 0 aromatic carbocycles. The molecule has 5 nitrogen and oxygen atoms in total. The molecule has 0 aliphatic heterocycles. The third-order valence-electron chi connectivity index (χ3n) is 1.96. The van der Waals surface area contributed by atoms with Crippen molar-refractivity contribution in [3.05, 3.63) is 17.8 Å². The van der Waals surface area contributed by atoms with Crippen LogP contribution < -0.4 is 11.1 Å². The Balaban J connectivity index is 2.62. The van der Waals surface area contributed by atoms with Gasteiger partial charge in [-0.25, -0.2) is 4.98 Å². The largest absolute Gasteiger partial charge is 0.396 e. The maximum atomic E-state index is 11.3. The first kappa shape index (κ1) is 11.3. The fourth-order valence-electron chi connectivity index (χ4n) is 1.06. The van der Waals surface area contributed by atoms with Gasteiger partial charge in [-0.05, 0) is 18.6 Å². The van der Waals surface area contributed by atoms with Crippen molar-refractivity contribution in [2.45, 2.75) is 6.92 Å². The molecular formula is C10H16N4O. The van der Waals surface area contributed by atoms with Gasteiger partial charge in [-0.3, -0.25) is 4.79 Å². The summed E-state index contributed by atoms with van der Waals surface area (Å²) in [6.45, 7) is 2.12. The Bertz CT molecular complexity index is 362. The summed E-state index contributed by atoms with van der Waals surface area (Å²) in [6, 6.07) is 1.81. The lowest BCUT2D eigenvalue weighted by molar-refractivity contribution is -0.126. The van der Waals surface area contributed by atoms with Crippen LogP contribution in [0.1, 0.15) is 5.56 Å². The second-order valence-electron chi connectivity index (χ2n) is 3.59. The van der Waals surface area contributed by atoms with Crippen LogP contribution in [0.25, 0.3) is 0 Å². The number of nitrogen functional groups attached to an aromatic ring is 1. The van der Waals surface area contributed by atoms with Crippen molar-refractivity contribution in [1.82, 2.24) is 9.88 Å². The highest BCUT2D eigenvalue weighted by Gasteiger charge is 2.05. The van der Waals surface area contributed by atoms with Gasteiger partial charge in [0.2, 0.25) is 5.91 Å². The third kappa shape index (κ3) is 3.12. The van der Waals surface area contributed by atoms with Gasteiger partial charge >= 0.3 is 0 Å². The summed E-state index contributed by atoms with van der Waals surface area (Å²) < 4.78 is 0. The van der Waals surface area contributed by atoms with Crippen LogP contribution >= 0.6 is 0 Å². The Labute approximate surface area is 89.3 Å². The van der Waals surface area contributed by atoms with E-state index in [0.29, 0.717) is 11.5 Å². The molecular weight excluding hydrogens is 192 g/mol. The van der Waals surface area contributed by atoms with Crippen LogP contribution in [0.2, 0.25) is 0 Å². The number of hydrogen-bond donors (Lipinski definition) is 2. The average molecular weight is 208 g/mol. The van der Waals surface area contributed by atoms with Crippen molar-refractivity contribution in [1.29, 1.82) is 0 Å². The predicted octanol–water partition coefficient (Wildman–Crippen LogP) is 0.472. The average Bonchev–Trinajstić information content (AvgIpc) is 2.15. The first-order valence-electron chi connectivity index (χ1n) is 4.67. The van der Waals surface area contributed by atoms with Crippen molar-refractivity contribution in [2.24, 2.45) is 0 Å². The van der Waals surface area contributed by atoms with E-state index < -0.39 is 0 Å². The quantitative estimate of drug-likeness (QED) is 0.757. The number of nitrogens with two attached hydrogens (primary N) is 1. The zero-order valence-electron chi connectivity index (χ0n) is 9.24. The van der Waals surface area contributed by atoms with Gasteiger partial charge in [0.1, 0.15) is 5.82 Å². The standard InChI is InChI=1S/C10H16N4O/c1-7-4-8(11)10(12-5-7)13-6-9(15)14(2)3/h4-5H,6,11H2,1-3H3,(H,12,13). The van der Waals surface area contributed by atoms with Gasteiger partial charge < -0.3 is 16.0 Å². The highest BCUT2D eigenvalue weighted by Crippen LogP contribution is 2.15. The fraction of sp³-hybridized carbons (Fsp3) is 0.400. The summed E-state index contributed by atoms with van der Waals surface area (Å²) in [4.78, 5) is 16.9. The highest BCUT2D eigenvalue weighted by molar-refractivity contribution is 5.81. The number of amides is 1. The zero-order valence-corrected chi connectivity index (χ0v) is 9.24. The number of carbonyl (C=O) groups excluding carboxylic acids is 1. The van der Waals surface area contributed by atoms with E-state index in [9.17, 15) is 4.79 Å². The normalized spacial score (nSPS) is 9.80. The van der Waals surface area contributed by atoms with Crippen LogP contribution in [0.5, 0.6) is 0 Å². The van der Waals surface area contributed by atoms with E-state index in [1.807, 2.05) is 13.0 Å². The Hall–Kier alpha value is -1.78. The molecule has 1 heterocycles. The van der Waals surface area contributed by atoms with Crippen LogP contribution in [0.15, 0.2) is 12.3 Å². The van der Waals surface area contributed by atoms with E-state index in [-0.39, 0.29) is 12.5 Å². The van der Waals surface area contributed by atoms with Gasteiger partial charge in [0.25, 0.3) is 0 Å². The number of likely N-dealkylation sites (N-methyl/N-ethyl adjacent to an activating group) is 1. The zero-order chi connectivity index (χ0) is 11.4. The van der Waals surface area contributed by atoms with E-state index in [4.69, 9.17) is 5.73 Å². The molecule has 3 N–H and O–H groups in total. The maximum absolute atomic E-state index is 11.3. The molecule has 0 bridgehead atoms. The van der Waals surface area contributed by atoms with Crippen molar-refractivity contribution < 1.29 is 4.79 Å². The van der Waals surface area contributed by atoms with Gasteiger partial charge in [0, 0.05) is 20.3 Å². The number of rotatable bonds is 3. The number of hydrogen-bond acceptors (Lipinski definition) is 4. The van der Waals surface area contributed by atoms with Crippen molar-refractivity contribution in [3.63, 3.8) is 0 Å². The molecule has 0 saturated carbocycles. The van der Waals surface area contributed by atoms with E-state index in [1.54, 1.807) is 20.3 Å². The van der Waals surface area contributed by atoms with Gasteiger partial charge in [0.05, 0.1) is 12.2 Å². The molecule has 0 atom stereocenters. The minimum absolute atomic E-state index is 0.0169. The predicted molar refractivity (Wildman–Crippen MR) is 60.6 cm³/mol. The Morgan fingerprint density at radius 3 is 2.80 bits per heavy atom. The lowest BCUT2D eigenvalue weighted by atomic mass is 10.3. The second kappa shape index (κ2) is 4.63. The molecule has 0 radical (unpaired) electrons. The number of nitrogens with zero attached hydrogens (tertiary/aromatic N) is 2. The van der Waals surface area contributed by atoms with E-state index >= 15 is 0 Å². The summed E-state index contributed by atoms with van der Waals surface area (Å²) >= 11 is 0. The fourth-order valence-corrected chi connectivity index (χ4v) is 1.06. The molecule has 15 heavy (non-hydrogen) atoms. The van der Waals surface area contributed by atoms with Gasteiger partial charge in [-0.15, -0.1) is 0 Å². The Morgan fingerprint density at radius 2 is 2.27 bits per heavy atom. The van der Waals surface area contributed by atoms with Crippen LogP contribution in [-0.4, -0.2) is 36.4 Å². The van der Waals surface area contributed by atoms with Gasteiger partial charge in [-0.2, -0.15) is 0 Å². The van der Waals surface area contributed by atoms with Crippen LogP contribution in [0.3, 0.4) is 0 Å². The van der Waals surface area contributed by atoms with Crippen molar-refractivity contribution in [3.8, 4) is 0 Å². The molecule has 1 amide bonds. The Kier molecular flexibility index (Phi) is 3.49. The van der Waals surface area contributed by atoms with Crippen LogP contribution in [-0.2, 0) is 4.79 Å². The summed E-state index contributed by atoms with van der Waals surface area (Å²) in [6.07, 6.45) is 1.71. The topological polar surface area (TPSA) is 71.2 Å². The molecule has 1 aromatic rings. The smallest absolute Gasteiger partial charge is 0.241 e. The van der Waals surface area contributed by atoms with Gasteiger partial charge in [0.15, 0.2) is 0 Å². The molecule has 0 aliphatic carbocycles.